The van der Waals surface area contributed by atoms with Gasteiger partial charge in [0.15, 0.2) is 0 Å². The van der Waals surface area contributed by atoms with Gasteiger partial charge >= 0.3 is 0 Å². The van der Waals surface area contributed by atoms with Crippen molar-refractivity contribution in [3.05, 3.63) is 52.2 Å². The minimum Gasteiger partial charge on any atom is -0.352 e. The summed E-state index contributed by atoms with van der Waals surface area (Å²) in [6.07, 6.45) is 1.57. The first kappa shape index (κ1) is 19.6. The van der Waals surface area contributed by atoms with Crippen molar-refractivity contribution in [2.24, 2.45) is 5.92 Å². The highest BCUT2D eigenvalue weighted by Crippen LogP contribution is 2.12. The maximum Gasteiger partial charge on any atom is 0.251 e. The third kappa shape index (κ3) is 6.26. The SMILES string of the molecule is CC(C)CCNC(=O)c1ccc(S(=O)(=O)NCCc2cccs2)cc1. The standard InChI is InChI=1S/C18H24N2O3S2/c1-14(2)9-11-19-18(21)15-5-7-17(8-6-15)25(22,23)20-12-10-16-4-3-13-24-16/h3-8,13-14,20H,9-12H2,1-2H3,(H,19,21). The number of thiophene rings is 1. The number of nitrogens with one attached hydrogen (secondary N) is 2. The zero-order valence-electron chi connectivity index (χ0n) is 14.5. The summed E-state index contributed by atoms with van der Waals surface area (Å²) in [5.41, 5.74) is 0.460. The molecule has 0 spiro atoms. The lowest BCUT2D eigenvalue weighted by Gasteiger charge is -2.09. The Morgan fingerprint density at radius 1 is 1.12 bits per heavy atom. The van der Waals surface area contributed by atoms with Crippen molar-refractivity contribution >= 4 is 27.3 Å². The summed E-state index contributed by atoms with van der Waals surface area (Å²) in [5.74, 6) is 0.336. The van der Waals surface area contributed by atoms with E-state index in [4.69, 9.17) is 0 Å². The first-order valence-corrected chi connectivity index (χ1v) is 10.6. The van der Waals surface area contributed by atoms with E-state index in [0.29, 0.717) is 31.0 Å². The van der Waals surface area contributed by atoms with Gasteiger partial charge in [0.2, 0.25) is 10.0 Å². The molecule has 0 fully saturated rings. The van der Waals surface area contributed by atoms with E-state index in [0.717, 1.165) is 11.3 Å². The largest absolute Gasteiger partial charge is 0.352 e. The van der Waals surface area contributed by atoms with Crippen LogP contribution in [-0.2, 0) is 16.4 Å². The van der Waals surface area contributed by atoms with Crippen LogP contribution >= 0.6 is 11.3 Å². The second-order valence-corrected chi connectivity index (χ2v) is 8.99. The van der Waals surface area contributed by atoms with E-state index in [1.807, 2.05) is 17.5 Å². The highest BCUT2D eigenvalue weighted by atomic mass is 32.2. The van der Waals surface area contributed by atoms with Gasteiger partial charge in [-0.25, -0.2) is 13.1 Å². The Morgan fingerprint density at radius 3 is 2.44 bits per heavy atom. The number of hydrogen-bond donors (Lipinski definition) is 2. The van der Waals surface area contributed by atoms with Crippen LogP contribution in [-0.4, -0.2) is 27.4 Å². The Bertz CT molecular complexity index is 767. The van der Waals surface area contributed by atoms with Crippen LogP contribution in [0.1, 0.15) is 35.5 Å². The second-order valence-electron chi connectivity index (χ2n) is 6.19. The molecule has 1 amide bonds. The van der Waals surface area contributed by atoms with Gasteiger partial charge < -0.3 is 5.32 Å². The Balaban J connectivity index is 1.90. The highest BCUT2D eigenvalue weighted by Gasteiger charge is 2.14. The Hall–Kier alpha value is -1.70. The topological polar surface area (TPSA) is 75.3 Å². The monoisotopic (exact) mass is 380 g/mol. The Kier molecular flexibility index (Phi) is 7.16. The van der Waals surface area contributed by atoms with Gasteiger partial charge in [-0.1, -0.05) is 19.9 Å². The van der Waals surface area contributed by atoms with E-state index >= 15 is 0 Å². The number of rotatable bonds is 9. The van der Waals surface area contributed by atoms with E-state index in [-0.39, 0.29) is 10.8 Å². The molecular weight excluding hydrogens is 356 g/mol. The number of hydrogen-bond acceptors (Lipinski definition) is 4. The van der Waals surface area contributed by atoms with Crippen LogP contribution in [0.15, 0.2) is 46.7 Å². The molecule has 0 bridgehead atoms. The van der Waals surface area contributed by atoms with Crippen LogP contribution in [0.2, 0.25) is 0 Å². The Labute approximate surface area is 153 Å². The lowest BCUT2D eigenvalue weighted by Crippen LogP contribution is -2.27. The van der Waals surface area contributed by atoms with Gasteiger partial charge in [-0.05, 0) is 54.5 Å². The molecule has 0 saturated carbocycles. The van der Waals surface area contributed by atoms with Gasteiger partial charge in [-0.2, -0.15) is 0 Å². The van der Waals surface area contributed by atoms with Gasteiger partial charge in [0, 0.05) is 23.5 Å². The van der Waals surface area contributed by atoms with Gasteiger partial charge in [-0.3, -0.25) is 4.79 Å². The number of carbonyl (C=O) groups excluding carboxylic acids is 1. The van der Waals surface area contributed by atoms with Gasteiger partial charge in [0.25, 0.3) is 5.91 Å². The van der Waals surface area contributed by atoms with E-state index in [2.05, 4.69) is 23.9 Å². The van der Waals surface area contributed by atoms with Gasteiger partial charge in [0.1, 0.15) is 0 Å². The zero-order chi connectivity index (χ0) is 18.3. The summed E-state index contributed by atoms with van der Waals surface area (Å²) in [4.78, 5) is 13.3. The molecule has 1 heterocycles. The van der Waals surface area contributed by atoms with Crippen molar-refractivity contribution in [3.63, 3.8) is 0 Å². The van der Waals surface area contributed by atoms with Crippen molar-refractivity contribution in [3.8, 4) is 0 Å². The summed E-state index contributed by atoms with van der Waals surface area (Å²) in [6.45, 7) is 5.15. The highest BCUT2D eigenvalue weighted by molar-refractivity contribution is 7.89. The molecular formula is C18H24N2O3S2. The van der Waals surface area contributed by atoms with Crippen LogP contribution in [0.25, 0.3) is 0 Å². The minimum absolute atomic E-state index is 0.164. The van der Waals surface area contributed by atoms with E-state index in [1.165, 1.54) is 12.1 Å². The fraction of sp³-hybridized carbons (Fsp3) is 0.389. The summed E-state index contributed by atoms with van der Waals surface area (Å²) in [7, 11) is -3.56. The van der Waals surface area contributed by atoms with Crippen LogP contribution in [0.5, 0.6) is 0 Å². The molecule has 0 saturated heterocycles. The maximum atomic E-state index is 12.3. The zero-order valence-corrected chi connectivity index (χ0v) is 16.1. The Morgan fingerprint density at radius 2 is 1.84 bits per heavy atom. The molecule has 0 atom stereocenters. The quantitative estimate of drug-likeness (QED) is 0.702. The predicted molar refractivity (Wildman–Crippen MR) is 101 cm³/mol. The van der Waals surface area contributed by atoms with Gasteiger partial charge in [-0.15, -0.1) is 11.3 Å². The minimum atomic E-state index is -3.56. The fourth-order valence-corrected chi connectivity index (χ4v) is 3.95. The second kappa shape index (κ2) is 9.12. The third-order valence-corrected chi connectivity index (χ3v) is 6.09. The molecule has 0 aliphatic rings. The van der Waals surface area contributed by atoms with E-state index in [1.54, 1.807) is 23.5 Å². The predicted octanol–water partition coefficient (Wildman–Crippen LogP) is 3.05. The molecule has 136 valence electrons. The number of carbonyl (C=O) groups is 1. The average Bonchev–Trinajstić information content (AvgIpc) is 3.08. The third-order valence-electron chi connectivity index (χ3n) is 3.68. The normalized spacial score (nSPS) is 11.6. The molecule has 25 heavy (non-hydrogen) atoms. The maximum absolute atomic E-state index is 12.3. The summed E-state index contributed by atoms with van der Waals surface area (Å²) >= 11 is 1.60. The number of amides is 1. The molecule has 5 nitrogen and oxygen atoms in total. The lowest BCUT2D eigenvalue weighted by molar-refractivity contribution is 0.0952. The molecule has 0 aliphatic heterocycles. The van der Waals surface area contributed by atoms with Crippen molar-refractivity contribution < 1.29 is 13.2 Å². The molecule has 7 heteroatoms. The lowest BCUT2D eigenvalue weighted by atomic mass is 10.1. The first-order valence-electron chi connectivity index (χ1n) is 8.29. The van der Waals surface area contributed by atoms with Crippen molar-refractivity contribution in [1.29, 1.82) is 0 Å². The van der Waals surface area contributed by atoms with Gasteiger partial charge in [0.05, 0.1) is 4.90 Å². The smallest absolute Gasteiger partial charge is 0.251 e. The van der Waals surface area contributed by atoms with Crippen molar-refractivity contribution in [2.45, 2.75) is 31.6 Å². The van der Waals surface area contributed by atoms with E-state index < -0.39 is 10.0 Å². The van der Waals surface area contributed by atoms with Crippen LogP contribution in [0.4, 0.5) is 0 Å². The molecule has 2 N–H and O–H groups in total. The summed E-state index contributed by atoms with van der Waals surface area (Å²) in [6, 6.07) is 9.93. The van der Waals surface area contributed by atoms with Crippen molar-refractivity contribution in [2.75, 3.05) is 13.1 Å². The van der Waals surface area contributed by atoms with Crippen LogP contribution in [0, 0.1) is 5.92 Å². The molecule has 0 radical (unpaired) electrons. The number of benzene rings is 1. The fourth-order valence-electron chi connectivity index (χ4n) is 2.21. The summed E-state index contributed by atoms with van der Waals surface area (Å²) < 4.78 is 27.1. The van der Waals surface area contributed by atoms with Crippen LogP contribution < -0.4 is 10.0 Å². The first-order chi connectivity index (χ1) is 11.9. The molecule has 0 unspecified atom stereocenters. The average molecular weight is 381 g/mol. The molecule has 1 aromatic carbocycles. The molecule has 2 rings (SSSR count). The summed E-state index contributed by atoms with van der Waals surface area (Å²) in [5, 5.41) is 4.80. The molecule has 2 aromatic rings. The van der Waals surface area contributed by atoms with Crippen molar-refractivity contribution in [1.82, 2.24) is 10.0 Å². The molecule has 0 aliphatic carbocycles. The molecule has 1 aromatic heterocycles. The van der Waals surface area contributed by atoms with E-state index in [9.17, 15) is 13.2 Å². The number of sulfonamides is 1. The van der Waals surface area contributed by atoms with Crippen LogP contribution in [0.3, 0.4) is 0 Å².